The summed E-state index contributed by atoms with van der Waals surface area (Å²) in [5.74, 6) is 0. The first kappa shape index (κ1) is 13.7. The summed E-state index contributed by atoms with van der Waals surface area (Å²) in [4.78, 5) is -0.0411. The van der Waals surface area contributed by atoms with Crippen molar-refractivity contribution in [3.8, 4) is 0 Å². The monoisotopic (exact) mass is 320 g/mol. The quantitative estimate of drug-likeness (QED) is 0.817. The first-order valence-corrected chi connectivity index (χ1v) is 7.49. The van der Waals surface area contributed by atoms with E-state index < -0.39 is 9.84 Å². The molecule has 0 aliphatic heterocycles. The van der Waals surface area contributed by atoms with E-state index in [1.807, 2.05) is 0 Å². The maximum absolute atomic E-state index is 12.4. The minimum Gasteiger partial charge on any atom is -0.218 e. The average molecular weight is 322 g/mol. The van der Waals surface area contributed by atoms with Crippen molar-refractivity contribution in [2.45, 2.75) is 9.79 Å². The average Bonchev–Trinajstić information content (AvgIpc) is 2.32. The standard InChI is InChI=1S/C12H7Cl3O2S/c13-8-5-6-10(15)12(7-8)18(16,17)11-4-2-1-3-9(11)14/h1-7H. The highest BCUT2D eigenvalue weighted by Crippen LogP contribution is 2.32. The van der Waals surface area contributed by atoms with Gasteiger partial charge in [-0.05, 0) is 30.3 Å². The number of hydrogen-bond acceptors (Lipinski definition) is 2. The van der Waals surface area contributed by atoms with Crippen molar-refractivity contribution in [3.05, 3.63) is 57.5 Å². The molecule has 0 spiro atoms. The van der Waals surface area contributed by atoms with Gasteiger partial charge in [0.15, 0.2) is 0 Å². The van der Waals surface area contributed by atoms with E-state index in [1.165, 1.54) is 30.3 Å². The minimum absolute atomic E-state index is 0.0100. The molecule has 0 unspecified atom stereocenters. The zero-order valence-corrected chi connectivity index (χ0v) is 12.0. The van der Waals surface area contributed by atoms with Gasteiger partial charge in [-0.2, -0.15) is 0 Å². The maximum atomic E-state index is 12.4. The van der Waals surface area contributed by atoms with Crippen molar-refractivity contribution in [1.29, 1.82) is 0 Å². The highest BCUT2D eigenvalue weighted by Gasteiger charge is 2.23. The van der Waals surface area contributed by atoms with Gasteiger partial charge in [-0.15, -0.1) is 0 Å². The van der Waals surface area contributed by atoms with Crippen LogP contribution in [-0.4, -0.2) is 8.42 Å². The van der Waals surface area contributed by atoms with Crippen molar-refractivity contribution in [3.63, 3.8) is 0 Å². The van der Waals surface area contributed by atoms with Crippen LogP contribution >= 0.6 is 34.8 Å². The number of sulfone groups is 1. The van der Waals surface area contributed by atoms with Crippen molar-refractivity contribution in [2.24, 2.45) is 0 Å². The van der Waals surface area contributed by atoms with Crippen molar-refractivity contribution in [2.75, 3.05) is 0 Å². The molecule has 0 atom stereocenters. The number of halogens is 3. The fourth-order valence-electron chi connectivity index (χ4n) is 1.46. The molecule has 2 aromatic carbocycles. The molecule has 0 fully saturated rings. The van der Waals surface area contributed by atoms with Crippen molar-refractivity contribution < 1.29 is 8.42 Å². The lowest BCUT2D eigenvalue weighted by Gasteiger charge is -2.08. The van der Waals surface area contributed by atoms with Gasteiger partial charge in [0.25, 0.3) is 0 Å². The second-order valence-corrected chi connectivity index (χ2v) is 6.65. The van der Waals surface area contributed by atoms with E-state index >= 15 is 0 Å². The van der Waals surface area contributed by atoms with Crippen LogP contribution in [0.3, 0.4) is 0 Å². The number of rotatable bonds is 2. The van der Waals surface area contributed by atoms with Gasteiger partial charge < -0.3 is 0 Å². The zero-order chi connectivity index (χ0) is 13.3. The summed E-state index contributed by atoms with van der Waals surface area (Å²) in [6.07, 6.45) is 0. The minimum atomic E-state index is -3.77. The zero-order valence-electron chi connectivity index (χ0n) is 8.90. The molecule has 0 N–H and O–H groups in total. The van der Waals surface area contributed by atoms with E-state index in [9.17, 15) is 8.42 Å². The van der Waals surface area contributed by atoms with E-state index in [4.69, 9.17) is 34.8 Å². The number of hydrogen-bond donors (Lipinski definition) is 0. The van der Waals surface area contributed by atoms with Crippen molar-refractivity contribution in [1.82, 2.24) is 0 Å². The van der Waals surface area contributed by atoms with Crippen LogP contribution < -0.4 is 0 Å². The molecular weight excluding hydrogens is 315 g/mol. The maximum Gasteiger partial charge on any atom is 0.209 e. The van der Waals surface area contributed by atoms with Gasteiger partial charge in [-0.25, -0.2) is 8.42 Å². The molecule has 2 nitrogen and oxygen atoms in total. The fraction of sp³-hybridized carbons (Fsp3) is 0. The number of benzene rings is 2. The second kappa shape index (κ2) is 5.10. The van der Waals surface area contributed by atoms with Crippen LogP contribution in [0.1, 0.15) is 0 Å². The molecule has 0 aromatic heterocycles. The van der Waals surface area contributed by atoms with Crippen LogP contribution in [-0.2, 0) is 9.84 Å². The van der Waals surface area contributed by atoms with Crippen LogP contribution in [0.25, 0.3) is 0 Å². The third-order valence-corrected chi connectivity index (χ3v) is 5.28. The predicted molar refractivity (Wildman–Crippen MR) is 73.4 cm³/mol. The molecular formula is C12H7Cl3O2S. The van der Waals surface area contributed by atoms with Crippen LogP contribution in [0.2, 0.25) is 15.1 Å². The van der Waals surface area contributed by atoms with Gasteiger partial charge >= 0.3 is 0 Å². The molecule has 2 rings (SSSR count). The Morgan fingerprint density at radius 3 is 2.06 bits per heavy atom. The molecule has 2 aromatic rings. The van der Waals surface area contributed by atoms with Gasteiger partial charge in [0.05, 0.1) is 19.8 Å². The summed E-state index contributed by atoms with van der Waals surface area (Å²) in [6.45, 7) is 0. The van der Waals surface area contributed by atoms with Gasteiger partial charge in [0, 0.05) is 5.02 Å². The third-order valence-electron chi connectivity index (χ3n) is 2.31. The molecule has 94 valence electrons. The van der Waals surface area contributed by atoms with Gasteiger partial charge in [0.1, 0.15) is 0 Å². The van der Waals surface area contributed by atoms with Gasteiger partial charge in [-0.1, -0.05) is 46.9 Å². The molecule has 0 heterocycles. The first-order valence-electron chi connectivity index (χ1n) is 4.87. The van der Waals surface area contributed by atoms with Crippen LogP contribution in [0.15, 0.2) is 52.3 Å². The molecule has 0 aliphatic carbocycles. The Morgan fingerprint density at radius 1 is 0.778 bits per heavy atom. The third kappa shape index (κ3) is 2.50. The molecule has 0 amide bonds. The molecule has 6 heteroatoms. The summed E-state index contributed by atoms with van der Waals surface area (Å²) >= 11 is 17.6. The van der Waals surface area contributed by atoms with Crippen LogP contribution in [0.5, 0.6) is 0 Å². The summed E-state index contributed by atoms with van der Waals surface area (Å²) in [5.41, 5.74) is 0. The highest BCUT2D eigenvalue weighted by atomic mass is 35.5. The summed E-state index contributed by atoms with van der Waals surface area (Å²) < 4.78 is 24.8. The van der Waals surface area contributed by atoms with E-state index in [-0.39, 0.29) is 19.8 Å². The van der Waals surface area contributed by atoms with E-state index in [2.05, 4.69) is 0 Å². The van der Waals surface area contributed by atoms with E-state index in [1.54, 1.807) is 12.1 Å². The molecule has 0 aliphatic rings. The molecule has 0 saturated carbocycles. The van der Waals surface area contributed by atoms with Gasteiger partial charge in [-0.3, -0.25) is 0 Å². The normalized spacial score (nSPS) is 11.5. The van der Waals surface area contributed by atoms with Crippen molar-refractivity contribution >= 4 is 44.6 Å². The summed E-state index contributed by atoms with van der Waals surface area (Å²) in [7, 11) is -3.77. The Labute approximate surface area is 120 Å². The molecule has 0 saturated heterocycles. The fourth-order valence-corrected chi connectivity index (χ4v) is 3.99. The first-order chi connectivity index (χ1) is 8.43. The van der Waals surface area contributed by atoms with Crippen LogP contribution in [0, 0.1) is 0 Å². The molecule has 0 radical (unpaired) electrons. The van der Waals surface area contributed by atoms with E-state index in [0.717, 1.165) is 0 Å². The Hall–Kier alpha value is -0.740. The lowest BCUT2D eigenvalue weighted by molar-refractivity contribution is 0.596. The second-order valence-electron chi connectivity index (χ2n) is 3.51. The Morgan fingerprint density at radius 2 is 1.39 bits per heavy atom. The predicted octanol–water partition coefficient (Wildman–Crippen LogP) is 4.48. The SMILES string of the molecule is O=S(=O)(c1ccccc1Cl)c1cc(Cl)ccc1Cl. The van der Waals surface area contributed by atoms with E-state index in [0.29, 0.717) is 5.02 Å². The largest absolute Gasteiger partial charge is 0.218 e. The Kier molecular flexibility index (Phi) is 3.87. The lowest BCUT2D eigenvalue weighted by Crippen LogP contribution is -2.03. The molecule has 18 heavy (non-hydrogen) atoms. The highest BCUT2D eigenvalue weighted by molar-refractivity contribution is 7.91. The Balaban J connectivity index is 2.70. The smallest absolute Gasteiger partial charge is 0.209 e. The summed E-state index contributed by atoms with van der Waals surface area (Å²) in [5, 5.41) is 0.554. The Bertz CT molecular complexity index is 696. The topological polar surface area (TPSA) is 34.1 Å². The van der Waals surface area contributed by atoms with Gasteiger partial charge in [0.2, 0.25) is 9.84 Å². The lowest BCUT2D eigenvalue weighted by atomic mass is 10.4. The summed E-state index contributed by atoms with van der Waals surface area (Å²) in [6, 6.07) is 10.5. The van der Waals surface area contributed by atoms with Crippen LogP contribution in [0.4, 0.5) is 0 Å². The molecule has 0 bridgehead atoms.